The molecule has 6 heteroatoms. The van der Waals surface area contributed by atoms with Crippen LogP contribution in [0.15, 0.2) is 53.0 Å². The lowest BCUT2D eigenvalue weighted by Gasteiger charge is -2.38. The van der Waals surface area contributed by atoms with E-state index in [4.69, 9.17) is 21.1 Å². The first-order chi connectivity index (χ1) is 12.1. The van der Waals surface area contributed by atoms with Crippen molar-refractivity contribution in [3.8, 4) is 5.75 Å². The fraction of sp³-hybridized carbons (Fsp3) is 0.316. The number of hydrogen-bond acceptors (Lipinski definition) is 3. The smallest absolute Gasteiger partial charge is 0.258 e. The van der Waals surface area contributed by atoms with Crippen LogP contribution < -0.4 is 10.1 Å². The minimum atomic E-state index is -0.442. The van der Waals surface area contributed by atoms with Crippen LogP contribution in [0.3, 0.4) is 0 Å². The largest absolute Gasteiger partial charge is 0.482 e. The van der Waals surface area contributed by atoms with E-state index in [1.54, 1.807) is 12.1 Å². The molecule has 3 rings (SSSR count). The van der Waals surface area contributed by atoms with Crippen molar-refractivity contribution in [1.29, 1.82) is 0 Å². The SMILES string of the molecule is O=C(COc1ccccc1Cl)NC1(c2cccc(Br)c2)CCOCC1. The summed E-state index contributed by atoms with van der Waals surface area (Å²) in [5.74, 6) is 0.324. The molecular weight excluding hydrogens is 406 g/mol. The lowest BCUT2D eigenvalue weighted by atomic mass is 9.82. The Labute approximate surface area is 160 Å². The van der Waals surface area contributed by atoms with Gasteiger partial charge < -0.3 is 14.8 Å². The maximum Gasteiger partial charge on any atom is 0.258 e. The zero-order valence-corrected chi connectivity index (χ0v) is 16.0. The van der Waals surface area contributed by atoms with Crippen molar-refractivity contribution >= 4 is 33.4 Å². The molecule has 0 unspecified atom stereocenters. The summed E-state index contributed by atoms with van der Waals surface area (Å²) in [5.41, 5.74) is 0.624. The number of benzene rings is 2. The fourth-order valence-electron chi connectivity index (χ4n) is 3.00. The molecule has 0 aromatic heterocycles. The van der Waals surface area contributed by atoms with Crippen LogP contribution in [0, 0.1) is 0 Å². The van der Waals surface area contributed by atoms with E-state index in [1.165, 1.54) is 0 Å². The van der Waals surface area contributed by atoms with Gasteiger partial charge in [-0.2, -0.15) is 0 Å². The fourth-order valence-corrected chi connectivity index (χ4v) is 3.59. The normalized spacial score (nSPS) is 16.2. The summed E-state index contributed by atoms with van der Waals surface area (Å²) in [6, 6.07) is 15.1. The van der Waals surface area contributed by atoms with Crippen LogP contribution in [0.25, 0.3) is 0 Å². The number of halogens is 2. The summed E-state index contributed by atoms with van der Waals surface area (Å²) < 4.78 is 12.0. The maximum absolute atomic E-state index is 12.5. The van der Waals surface area contributed by atoms with E-state index in [2.05, 4.69) is 21.2 Å². The third-order valence-electron chi connectivity index (χ3n) is 4.30. The van der Waals surface area contributed by atoms with E-state index in [1.807, 2.05) is 36.4 Å². The third kappa shape index (κ3) is 4.54. The van der Waals surface area contributed by atoms with Gasteiger partial charge in [0.2, 0.25) is 0 Å². The number of carbonyl (C=O) groups is 1. The van der Waals surface area contributed by atoms with Gasteiger partial charge in [0.25, 0.3) is 5.91 Å². The second-order valence-electron chi connectivity index (χ2n) is 5.97. The lowest BCUT2D eigenvalue weighted by molar-refractivity contribution is -0.126. The summed E-state index contributed by atoms with van der Waals surface area (Å²) in [5, 5.41) is 3.65. The molecule has 1 fully saturated rings. The number of ether oxygens (including phenoxy) is 2. The predicted octanol–water partition coefficient (Wildman–Crippen LogP) is 4.30. The lowest BCUT2D eigenvalue weighted by Crippen LogP contribution is -2.50. The summed E-state index contributed by atoms with van der Waals surface area (Å²) in [7, 11) is 0. The van der Waals surface area contributed by atoms with Gasteiger partial charge >= 0.3 is 0 Å². The van der Waals surface area contributed by atoms with Gasteiger partial charge in [-0.15, -0.1) is 0 Å². The van der Waals surface area contributed by atoms with Crippen LogP contribution in [0.5, 0.6) is 5.75 Å². The van der Waals surface area contributed by atoms with E-state index in [9.17, 15) is 4.79 Å². The molecule has 0 spiro atoms. The van der Waals surface area contributed by atoms with Gasteiger partial charge in [0.05, 0.1) is 10.6 Å². The van der Waals surface area contributed by atoms with Gasteiger partial charge in [0.15, 0.2) is 6.61 Å². The Morgan fingerprint density at radius 3 is 2.68 bits per heavy atom. The van der Waals surface area contributed by atoms with E-state index < -0.39 is 5.54 Å². The number of para-hydroxylation sites is 1. The summed E-state index contributed by atoms with van der Waals surface area (Å²) in [6.07, 6.45) is 1.45. The van der Waals surface area contributed by atoms with Gasteiger partial charge in [0.1, 0.15) is 5.75 Å². The molecule has 4 nitrogen and oxygen atoms in total. The summed E-state index contributed by atoms with van der Waals surface area (Å²) in [6.45, 7) is 1.14. The van der Waals surface area contributed by atoms with Crippen LogP contribution in [-0.2, 0) is 15.1 Å². The Bertz CT molecular complexity index is 747. The Balaban J connectivity index is 1.72. The minimum Gasteiger partial charge on any atom is -0.482 e. The van der Waals surface area contributed by atoms with E-state index >= 15 is 0 Å². The maximum atomic E-state index is 12.5. The monoisotopic (exact) mass is 423 g/mol. The Hall–Kier alpha value is -1.56. The van der Waals surface area contributed by atoms with Gasteiger partial charge in [-0.05, 0) is 42.7 Å². The molecule has 0 atom stereocenters. The van der Waals surface area contributed by atoms with E-state index in [0.717, 1.165) is 22.9 Å². The molecule has 2 aromatic rings. The highest BCUT2D eigenvalue weighted by atomic mass is 79.9. The van der Waals surface area contributed by atoms with Crippen molar-refractivity contribution in [3.05, 3.63) is 63.6 Å². The topological polar surface area (TPSA) is 47.6 Å². The van der Waals surface area contributed by atoms with Crippen LogP contribution in [0.2, 0.25) is 5.02 Å². The number of hydrogen-bond donors (Lipinski definition) is 1. The van der Waals surface area contributed by atoms with Crippen LogP contribution >= 0.6 is 27.5 Å². The van der Waals surface area contributed by atoms with Gasteiger partial charge in [-0.1, -0.05) is 51.8 Å². The Morgan fingerprint density at radius 2 is 1.96 bits per heavy atom. The predicted molar refractivity (Wildman–Crippen MR) is 101 cm³/mol. The van der Waals surface area contributed by atoms with Crippen molar-refractivity contribution in [2.45, 2.75) is 18.4 Å². The molecule has 1 saturated heterocycles. The standard InChI is InChI=1S/C19H19BrClNO3/c20-15-5-3-4-14(12-15)19(8-10-24-11-9-19)22-18(23)13-25-17-7-2-1-6-16(17)21/h1-7,12H,8-11,13H2,(H,22,23). The third-order valence-corrected chi connectivity index (χ3v) is 5.10. The summed E-state index contributed by atoms with van der Waals surface area (Å²) >= 11 is 9.57. The van der Waals surface area contributed by atoms with Crippen LogP contribution in [-0.4, -0.2) is 25.7 Å². The number of carbonyl (C=O) groups excluding carboxylic acids is 1. The van der Waals surface area contributed by atoms with E-state index in [0.29, 0.717) is 24.0 Å². The molecule has 0 saturated carbocycles. The molecule has 1 amide bonds. The zero-order chi connectivity index (χ0) is 17.7. The molecule has 132 valence electrons. The van der Waals surface area contributed by atoms with Gasteiger partial charge in [-0.25, -0.2) is 0 Å². The Morgan fingerprint density at radius 1 is 1.20 bits per heavy atom. The highest BCUT2D eigenvalue weighted by molar-refractivity contribution is 9.10. The van der Waals surface area contributed by atoms with Gasteiger partial charge in [0, 0.05) is 17.7 Å². The number of nitrogens with one attached hydrogen (secondary N) is 1. The van der Waals surface area contributed by atoms with Crippen molar-refractivity contribution in [3.63, 3.8) is 0 Å². The number of amides is 1. The molecule has 25 heavy (non-hydrogen) atoms. The second-order valence-corrected chi connectivity index (χ2v) is 7.29. The minimum absolute atomic E-state index is 0.0830. The first kappa shape index (κ1) is 18.2. The molecule has 0 radical (unpaired) electrons. The summed E-state index contributed by atoms with van der Waals surface area (Å²) in [4.78, 5) is 12.5. The molecular formula is C19H19BrClNO3. The molecule has 2 aromatic carbocycles. The molecule has 1 aliphatic heterocycles. The quantitative estimate of drug-likeness (QED) is 0.778. The molecule has 0 bridgehead atoms. The van der Waals surface area contributed by atoms with Crippen LogP contribution in [0.1, 0.15) is 18.4 Å². The van der Waals surface area contributed by atoms with Crippen molar-refractivity contribution in [1.82, 2.24) is 5.32 Å². The molecule has 0 aliphatic carbocycles. The van der Waals surface area contributed by atoms with Gasteiger partial charge in [-0.3, -0.25) is 4.79 Å². The first-order valence-electron chi connectivity index (χ1n) is 8.11. The Kier molecular flexibility index (Phi) is 5.99. The van der Waals surface area contributed by atoms with Crippen molar-refractivity contribution in [2.24, 2.45) is 0 Å². The zero-order valence-electron chi connectivity index (χ0n) is 13.6. The van der Waals surface area contributed by atoms with Crippen molar-refractivity contribution in [2.75, 3.05) is 19.8 Å². The molecule has 1 heterocycles. The average Bonchev–Trinajstić information content (AvgIpc) is 2.62. The molecule has 1 aliphatic rings. The average molecular weight is 425 g/mol. The van der Waals surface area contributed by atoms with Crippen molar-refractivity contribution < 1.29 is 14.3 Å². The second kappa shape index (κ2) is 8.21. The molecule has 1 N–H and O–H groups in total. The van der Waals surface area contributed by atoms with E-state index in [-0.39, 0.29) is 12.5 Å². The van der Waals surface area contributed by atoms with Crippen LogP contribution in [0.4, 0.5) is 0 Å². The highest BCUT2D eigenvalue weighted by Crippen LogP contribution is 2.33. The highest BCUT2D eigenvalue weighted by Gasteiger charge is 2.36. The number of rotatable bonds is 5. The first-order valence-corrected chi connectivity index (χ1v) is 9.28.